The van der Waals surface area contributed by atoms with Crippen LogP contribution in [0.15, 0.2) is 0 Å². The molecule has 1 unspecified atom stereocenters. The third-order valence-corrected chi connectivity index (χ3v) is 3.02. The molecular weight excluding hydrogens is 200 g/mol. The first kappa shape index (κ1) is 15.6. The Morgan fingerprint density at radius 1 is 1.25 bits per heavy atom. The van der Waals surface area contributed by atoms with Crippen LogP contribution in [0.3, 0.4) is 0 Å². The molecule has 0 fully saturated rings. The molecule has 96 valence electrons. The van der Waals surface area contributed by atoms with Crippen molar-refractivity contribution in [1.82, 2.24) is 0 Å². The monoisotopic (exact) mass is 228 g/mol. The summed E-state index contributed by atoms with van der Waals surface area (Å²) < 4.78 is 5.48. The molecule has 0 saturated heterocycles. The summed E-state index contributed by atoms with van der Waals surface area (Å²) in [5.74, 6) is 1.07. The standard InChI is InChI=1S/C14H28O2/c1-7-16-10-14(6,9-8-11(2)3)13(15)12(4)5/h11-12H,7-10H2,1-6H3. The van der Waals surface area contributed by atoms with Gasteiger partial charge in [-0.3, -0.25) is 4.79 Å². The average Bonchev–Trinajstić information content (AvgIpc) is 2.22. The van der Waals surface area contributed by atoms with Crippen LogP contribution < -0.4 is 0 Å². The summed E-state index contributed by atoms with van der Waals surface area (Å²) in [5.41, 5.74) is -0.297. The summed E-state index contributed by atoms with van der Waals surface area (Å²) in [6.45, 7) is 13.6. The molecule has 0 bridgehead atoms. The van der Waals surface area contributed by atoms with Crippen LogP contribution in [0.25, 0.3) is 0 Å². The van der Waals surface area contributed by atoms with Gasteiger partial charge in [0.2, 0.25) is 0 Å². The van der Waals surface area contributed by atoms with E-state index in [2.05, 4.69) is 13.8 Å². The number of ether oxygens (including phenoxy) is 1. The van der Waals surface area contributed by atoms with Crippen molar-refractivity contribution in [3.8, 4) is 0 Å². The van der Waals surface area contributed by atoms with Crippen molar-refractivity contribution in [3.63, 3.8) is 0 Å². The zero-order valence-corrected chi connectivity index (χ0v) is 11.8. The van der Waals surface area contributed by atoms with Gasteiger partial charge in [-0.25, -0.2) is 0 Å². The number of Topliss-reactive ketones (excluding diaryl/α,β-unsaturated/α-hetero) is 1. The predicted molar refractivity (Wildman–Crippen MR) is 68.5 cm³/mol. The van der Waals surface area contributed by atoms with Crippen molar-refractivity contribution in [2.75, 3.05) is 13.2 Å². The van der Waals surface area contributed by atoms with Gasteiger partial charge in [0.15, 0.2) is 0 Å². The highest BCUT2D eigenvalue weighted by atomic mass is 16.5. The molecule has 0 radical (unpaired) electrons. The summed E-state index contributed by atoms with van der Waals surface area (Å²) in [7, 11) is 0. The van der Waals surface area contributed by atoms with E-state index in [1.807, 2.05) is 27.7 Å². The molecule has 0 aliphatic carbocycles. The maximum absolute atomic E-state index is 12.2. The largest absolute Gasteiger partial charge is 0.381 e. The fourth-order valence-electron chi connectivity index (χ4n) is 1.90. The first-order valence-corrected chi connectivity index (χ1v) is 6.45. The molecule has 2 nitrogen and oxygen atoms in total. The molecule has 0 saturated carbocycles. The van der Waals surface area contributed by atoms with Gasteiger partial charge in [-0.2, -0.15) is 0 Å². The lowest BCUT2D eigenvalue weighted by Crippen LogP contribution is -2.36. The molecule has 0 aromatic heterocycles. The first-order valence-electron chi connectivity index (χ1n) is 6.45. The van der Waals surface area contributed by atoms with Gasteiger partial charge < -0.3 is 4.74 Å². The highest BCUT2D eigenvalue weighted by molar-refractivity contribution is 5.86. The van der Waals surface area contributed by atoms with Crippen LogP contribution in [0.4, 0.5) is 0 Å². The number of carbonyl (C=O) groups is 1. The van der Waals surface area contributed by atoms with E-state index >= 15 is 0 Å². The van der Waals surface area contributed by atoms with Crippen LogP contribution in [0.1, 0.15) is 54.4 Å². The molecular formula is C14H28O2. The van der Waals surface area contributed by atoms with Crippen LogP contribution in [-0.4, -0.2) is 19.0 Å². The van der Waals surface area contributed by atoms with Gasteiger partial charge in [0, 0.05) is 17.9 Å². The van der Waals surface area contributed by atoms with E-state index in [1.54, 1.807) is 0 Å². The molecule has 16 heavy (non-hydrogen) atoms. The normalized spacial score (nSPS) is 15.5. The van der Waals surface area contributed by atoms with E-state index < -0.39 is 0 Å². The average molecular weight is 228 g/mol. The van der Waals surface area contributed by atoms with E-state index in [0.717, 1.165) is 12.8 Å². The second-order valence-corrected chi connectivity index (χ2v) is 5.65. The summed E-state index contributed by atoms with van der Waals surface area (Å²) in [6, 6.07) is 0. The van der Waals surface area contributed by atoms with Crippen LogP contribution in [0.2, 0.25) is 0 Å². The highest BCUT2D eigenvalue weighted by Gasteiger charge is 2.34. The lowest BCUT2D eigenvalue weighted by Gasteiger charge is -2.30. The van der Waals surface area contributed by atoms with Crippen molar-refractivity contribution in [2.24, 2.45) is 17.3 Å². The Morgan fingerprint density at radius 2 is 1.81 bits per heavy atom. The number of carbonyl (C=O) groups excluding carboxylic acids is 1. The molecule has 0 amide bonds. The van der Waals surface area contributed by atoms with Gasteiger partial charge in [0.05, 0.1) is 6.61 Å². The van der Waals surface area contributed by atoms with Crippen molar-refractivity contribution in [2.45, 2.75) is 54.4 Å². The van der Waals surface area contributed by atoms with Gasteiger partial charge in [0.1, 0.15) is 5.78 Å². The van der Waals surface area contributed by atoms with Gasteiger partial charge in [-0.15, -0.1) is 0 Å². The van der Waals surface area contributed by atoms with E-state index in [1.165, 1.54) is 0 Å². The lowest BCUT2D eigenvalue weighted by atomic mass is 9.76. The Labute approximate surface area is 101 Å². The molecule has 0 N–H and O–H groups in total. The van der Waals surface area contributed by atoms with Crippen LogP contribution in [0, 0.1) is 17.3 Å². The summed E-state index contributed by atoms with van der Waals surface area (Å²) in [5, 5.41) is 0. The second kappa shape index (κ2) is 7.05. The van der Waals surface area contributed by atoms with E-state index in [9.17, 15) is 4.79 Å². The fraction of sp³-hybridized carbons (Fsp3) is 0.929. The van der Waals surface area contributed by atoms with Gasteiger partial charge in [-0.05, 0) is 25.7 Å². The predicted octanol–water partition coefficient (Wildman–Crippen LogP) is 3.69. The van der Waals surface area contributed by atoms with Crippen molar-refractivity contribution >= 4 is 5.78 Å². The summed E-state index contributed by atoms with van der Waals surface area (Å²) in [6.07, 6.45) is 2.02. The molecule has 0 heterocycles. The van der Waals surface area contributed by atoms with Crippen molar-refractivity contribution < 1.29 is 9.53 Å². The quantitative estimate of drug-likeness (QED) is 0.633. The Kier molecular flexibility index (Phi) is 6.89. The number of rotatable bonds is 8. The van der Waals surface area contributed by atoms with E-state index in [4.69, 9.17) is 4.74 Å². The molecule has 2 heteroatoms. The minimum Gasteiger partial charge on any atom is -0.381 e. The Morgan fingerprint density at radius 3 is 2.19 bits per heavy atom. The number of hydrogen-bond acceptors (Lipinski definition) is 2. The second-order valence-electron chi connectivity index (χ2n) is 5.65. The first-order chi connectivity index (χ1) is 7.33. The van der Waals surface area contributed by atoms with Crippen LogP contribution in [-0.2, 0) is 9.53 Å². The molecule has 0 rings (SSSR count). The molecule has 0 aliphatic heterocycles. The minimum absolute atomic E-state index is 0.0950. The maximum Gasteiger partial charge on any atom is 0.143 e. The molecule has 0 aromatic rings. The van der Waals surface area contributed by atoms with Crippen molar-refractivity contribution in [3.05, 3.63) is 0 Å². The van der Waals surface area contributed by atoms with Crippen molar-refractivity contribution in [1.29, 1.82) is 0 Å². The molecule has 0 aliphatic rings. The number of ketones is 1. The molecule has 0 aromatic carbocycles. The minimum atomic E-state index is -0.297. The van der Waals surface area contributed by atoms with Gasteiger partial charge >= 0.3 is 0 Å². The fourth-order valence-corrected chi connectivity index (χ4v) is 1.90. The van der Waals surface area contributed by atoms with E-state index in [0.29, 0.717) is 24.9 Å². The lowest BCUT2D eigenvalue weighted by molar-refractivity contribution is -0.135. The van der Waals surface area contributed by atoms with E-state index in [-0.39, 0.29) is 11.3 Å². The Bertz CT molecular complexity index is 209. The smallest absolute Gasteiger partial charge is 0.143 e. The van der Waals surface area contributed by atoms with Crippen LogP contribution in [0.5, 0.6) is 0 Å². The van der Waals surface area contributed by atoms with Crippen LogP contribution >= 0.6 is 0 Å². The topological polar surface area (TPSA) is 26.3 Å². The summed E-state index contributed by atoms with van der Waals surface area (Å²) in [4.78, 5) is 12.2. The Hall–Kier alpha value is -0.370. The number of hydrogen-bond donors (Lipinski definition) is 0. The van der Waals surface area contributed by atoms with Gasteiger partial charge in [-0.1, -0.05) is 34.6 Å². The SMILES string of the molecule is CCOCC(C)(CCC(C)C)C(=O)C(C)C. The molecule has 0 spiro atoms. The molecule has 1 atom stereocenters. The zero-order chi connectivity index (χ0) is 12.8. The highest BCUT2D eigenvalue weighted by Crippen LogP contribution is 2.30. The Balaban J connectivity index is 4.53. The van der Waals surface area contributed by atoms with Gasteiger partial charge in [0.25, 0.3) is 0 Å². The summed E-state index contributed by atoms with van der Waals surface area (Å²) >= 11 is 0. The maximum atomic E-state index is 12.2. The zero-order valence-electron chi connectivity index (χ0n) is 11.8. The third-order valence-electron chi connectivity index (χ3n) is 3.02. The third kappa shape index (κ3) is 5.11.